The predicted octanol–water partition coefficient (Wildman–Crippen LogP) is -0.692. The second-order valence-corrected chi connectivity index (χ2v) is 13.5. The van der Waals surface area contributed by atoms with E-state index in [-0.39, 0.29) is 75.1 Å². The molecule has 4 aromatic rings. The highest BCUT2D eigenvalue weighted by atomic mass is 19.1. The second-order valence-electron chi connectivity index (χ2n) is 13.5. The van der Waals surface area contributed by atoms with Gasteiger partial charge in [-0.05, 0) is 37.0 Å². The number of aryl methyl sites for hydroxylation is 2. The van der Waals surface area contributed by atoms with Gasteiger partial charge in [-0.15, -0.1) is 5.10 Å². The van der Waals surface area contributed by atoms with Gasteiger partial charge in [0.25, 0.3) is 5.56 Å². The smallest absolute Gasteiger partial charge is 0.331 e. The molecule has 0 saturated carbocycles. The number of aromatic hydroxyl groups is 2. The van der Waals surface area contributed by atoms with E-state index in [1.165, 1.54) is 24.3 Å². The molecule has 60 heavy (non-hydrogen) atoms. The molecule has 5 rings (SSSR count). The van der Waals surface area contributed by atoms with Crippen molar-refractivity contribution in [3.8, 4) is 23.0 Å². The summed E-state index contributed by atoms with van der Waals surface area (Å²) in [6.45, 7) is -0.0407. The highest BCUT2D eigenvalue weighted by molar-refractivity contribution is 6.01. The third kappa shape index (κ3) is 12.9. The molecule has 3 heterocycles. The predicted molar refractivity (Wildman–Crippen MR) is 201 cm³/mol. The maximum atomic E-state index is 13.4. The number of aromatic nitrogens is 5. The standard InChI is InChI=1S/C38H46FN5O16/c39-26-19-43(38(54)40-36(26)53)21-58-31(49)3-1-2-23-18-44(42-41-23)10-11-55-12-13-56-14-15-57-25-16-28(48)32(27(47)9-6-22-4-7-24(46)8-5-22)29(17-25)59-37-35(52)34(51)33(50)30(20-45)60-37/h4-5,7-8,16-19,30,33-35,37,45-46,48,50-52H,1-3,6,9-15,20-21H2,(H,40,53,54)/t30-,33-,34+,35-,37-/m1/s1. The number of nitrogens with one attached hydrogen (secondary N) is 1. The summed E-state index contributed by atoms with van der Waals surface area (Å²) in [5, 5.41) is 69.1. The first-order valence-corrected chi connectivity index (χ1v) is 18.8. The SMILES string of the molecule is O=C(CCCc1cn(CCOCCOCCOc2cc(O)c(C(=O)CCc3ccc(O)cc3)c(O[C@@H]3O[C@H](CO)[C@@H](O)[C@H](O)[C@H]3O)c2)nn1)OCn1cc(F)c(=O)[nH]c1=O. The van der Waals surface area contributed by atoms with Gasteiger partial charge in [-0.3, -0.25) is 23.9 Å². The average Bonchev–Trinajstić information content (AvgIpc) is 3.68. The Hall–Kier alpha value is -5.75. The minimum Gasteiger partial charge on any atom is -0.508 e. The first-order valence-electron chi connectivity index (χ1n) is 18.8. The minimum atomic E-state index is -1.79. The lowest BCUT2D eigenvalue weighted by atomic mass is 9.99. The summed E-state index contributed by atoms with van der Waals surface area (Å²) in [7, 11) is 0. The van der Waals surface area contributed by atoms with Gasteiger partial charge < -0.3 is 59.1 Å². The van der Waals surface area contributed by atoms with Crippen molar-refractivity contribution in [3.63, 3.8) is 0 Å². The zero-order chi connectivity index (χ0) is 43.2. The Morgan fingerprint density at radius 1 is 0.900 bits per heavy atom. The number of aliphatic hydroxyl groups excluding tert-OH is 4. The molecule has 2 aromatic carbocycles. The lowest BCUT2D eigenvalue weighted by molar-refractivity contribution is -0.277. The van der Waals surface area contributed by atoms with Gasteiger partial charge in [0.05, 0.1) is 51.5 Å². The molecule has 1 aliphatic heterocycles. The number of ketones is 1. The molecule has 0 aliphatic carbocycles. The molecular weight excluding hydrogens is 801 g/mol. The Morgan fingerprint density at radius 2 is 1.63 bits per heavy atom. The number of hydrogen-bond donors (Lipinski definition) is 7. The molecule has 0 spiro atoms. The van der Waals surface area contributed by atoms with Gasteiger partial charge in [-0.1, -0.05) is 17.3 Å². The Bertz CT molecular complexity index is 2140. The van der Waals surface area contributed by atoms with Crippen molar-refractivity contribution in [2.75, 3.05) is 39.6 Å². The first-order chi connectivity index (χ1) is 28.8. The van der Waals surface area contributed by atoms with E-state index >= 15 is 0 Å². The molecular formula is C38H46FN5O16. The van der Waals surface area contributed by atoms with Crippen LogP contribution in [0, 0.1) is 5.82 Å². The fourth-order valence-electron chi connectivity index (χ4n) is 5.84. The molecule has 5 atom stereocenters. The van der Waals surface area contributed by atoms with Crippen LogP contribution in [0.25, 0.3) is 0 Å². The quantitative estimate of drug-likeness (QED) is 0.0276. The lowest BCUT2D eigenvalue weighted by Crippen LogP contribution is -2.60. The lowest BCUT2D eigenvalue weighted by Gasteiger charge is -2.39. The van der Waals surface area contributed by atoms with Crippen LogP contribution >= 0.6 is 0 Å². The second kappa shape index (κ2) is 22.0. The van der Waals surface area contributed by atoms with Crippen LogP contribution in [0.5, 0.6) is 23.0 Å². The first kappa shape index (κ1) is 45.3. The average molecular weight is 848 g/mol. The summed E-state index contributed by atoms with van der Waals surface area (Å²) in [5.74, 6) is -2.98. The van der Waals surface area contributed by atoms with Gasteiger partial charge in [-0.25, -0.2) is 9.48 Å². The van der Waals surface area contributed by atoms with E-state index in [2.05, 4.69) is 10.3 Å². The molecule has 326 valence electrons. The summed E-state index contributed by atoms with van der Waals surface area (Å²) >= 11 is 0. The number of phenolic OH excluding ortho intramolecular Hbond substituents is 2. The molecule has 21 nitrogen and oxygen atoms in total. The van der Waals surface area contributed by atoms with Crippen LogP contribution in [0.1, 0.15) is 40.9 Å². The Morgan fingerprint density at radius 3 is 2.38 bits per heavy atom. The maximum Gasteiger partial charge on any atom is 0.331 e. The van der Waals surface area contributed by atoms with Crippen molar-refractivity contribution >= 4 is 11.8 Å². The molecule has 1 aliphatic rings. The zero-order valence-corrected chi connectivity index (χ0v) is 32.1. The van der Waals surface area contributed by atoms with Crippen molar-refractivity contribution < 1.29 is 73.0 Å². The summed E-state index contributed by atoms with van der Waals surface area (Å²) < 4.78 is 48.7. The zero-order valence-electron chi connectivity index (χ0n) is 32.1. The number of halogens is 1. The molecule has 22 heteroatoms. The third-order valence-electron chi connectivity index (χ3n) is 9.07. The number of carbonyl (C=O) groups is 2. The number of aliphatic hydroxyl groups is 4. The highest BCUT2D eigenvalue weighted by Gasteiger charge is 2.45. The number of aromatic amines is 1. The van der Waals surface area contributed by atoms with Gasteiger partial charge in [0.15, 0.2) is 12.5 Å². The van der Waals surface area contributed by atoms with E-state index in [4.69, 9.17) is 28.4 Å². The molecule has 0 unspecified atom stereocenters. The Kier molecular flexibility index (Phi) is 16.6. The number of hydrogen-bond acceptors (Lipinski definition) is 18. The van der Waals surface area contributed by atoms with Crippen LogP contribution in [0.2, 0.25) is 0 Å². The van der Waals surface area contributed by atoms with Crippen molar-refractivity contribution in [3.05, 3.63) is 92.3 Å². The number of esters is 1. The fourth-order valence-corrected chi connectivity index (χ4v) is 5.84. The van der Waals surface area contributed by atoms with Crippen LogP contribution in [-0.2, 0) is 49.9 Å². The summed E-state index contributed by atoms with van der Waals surface area (Å²) in [5.41, 5.74) is -0.967. The van der Waals surface area contributed by atoms with Gasteiger partial charge in [0.1, 0.15) is 59.6 Å². The number of rotatable bonds is 23. The monoisotopic (exact) mass is 847 g/mol. The van der Waals surface area contributed by atoms with Crippen LogP contribution in [0.3, 0.4) is 0 Å². The number of nitrogens with zero attached hydrogens (tertiary/aromatic N) is 4. The minimum absolute atomic E-state index is 0.00161. The van der Waals surface area contributed by atoms with E-state index in [1.807, 2.05) is 0 Å². The fraction of sp³-hybridized carbons (Fsp3) is 0.474. The van der Waals surface area contributed by atoms with E-state index in [0.717, 1.165) is 10.1 Å². The summed E-state index contributed by atoms with van der Waals surface area (Å²) in [4.78, 5) is 49.9. The summed E-state index contributed by atoms with van der Waals surface area (Å²) in [6, 6.07) is 8.73. The number of ether oxygens (including phenoxy) is 6. The van der Waals surface area contributed by atoms with Crippen molar-refractivity contribution in [1.29, 1.82) is 0 Å². The topological polar surface area (TPSA) is 296 Å². The molecule has 0 amide bonds. The van der Waals surface area contributed by atoms with Crippen LogP contribution < -0.4 is 20.7 Å². The van der Waals surface area contributed by atoms with Gasteiger partial charge in [0, 0.05) is 31.2 Å². The van der Waals surface area contributed by atoms with Gasteiger partial charge in [0.2, 0.25) is 12.1 Å². The van der Waals surface area contributed by atoms with Crippen LogP contribution in [0.15, 0.2) is 58.4 Å². The number of Topliss-reactive ketones (excluding diaryl/α,β-unsaturated/α-hetero) is 1. The largest absolute Gasteiger partial charge is 0.508 e. The maximum absolute atomic E-state index is 13.4. The number of phenols is 2. The molecule has 7 N–H and O–H groups in total. The highest BCUT2D eigenvalue weighted by Crippen LogP contribution is 2.37. The number of benzene rings is 2. The van der Waals surface area contributed by atoms with Crippen molar-refractivity contribution in [2.24, 2.45) is 0 Å². The summed E-state index contributed by atoms with van der Waals surface area (Å²) in [6.07, 6.45) is -4.82. The van der Waals surface area contributed by atoms with E-state index in [9.17, 15) is 54.2 Å². The van der Waals surface area contributed by atoms with Crippen LogP contribution in [0.4, 0.5) is 4.39 Å². The van der Waals surface area contributed by atoms with Gasteiger partial charge in [-0.2, -0.15) is 4.39 Å². The molecule has 2 aromatic heterocycles. The third-order valence-corrected chi connectivity index (χ3v) is 9.07. The van der Waals surface area contributed by atoms with Crippen LogP contribution in [-0.4, -0.2) is 137 Å². The van der Waals surface area contributed by atoms with E-state index < -0.39 is 78.6 Å². The molecule has 0 radical (unpaired) electrons. The molecule has 1 fully saturated rings. The Balaban J connectivity index is 1.02. The Labute approximate surface area is 340 Å². The van der Waals surface area contributed by atoms with Crippen molar-refractivity contribution in [2.45, 2.75) is 76.1 Å². The molecule has 1 saturated heterocycles. The number of H-pyrrole nitrogens is 1. The van der Waals surface area contributed by atoms with Crippen molar-refractivity contribution in [1.82, 2.24) is 24.5 Å². The van der Waals surface area contributed by atoms with E-state index in [0.29, 0.717) is 31.3 Å². The van der Waals surface area contributed by atoms with Gasteiger partial charge >= 0.3 is 11.7 Å². The molecule has 0 bridgehead atoms. The van der Waals surface area contributed by atoms with E-state index in [1.54, 1.807) is 28.0 Å². The number of carbonyl (C=O) groups excluding carboxylic acids is 2. The normalized spacial score (nSPS) is 18.9.